The van der Waals surface area contributed by atoms with E-state index in [2.05, 4.69) is 31.3 Å². The molecule has 6 nitrogen and oxygen atoms in total. The van der Waals surface area contributed by atoms with Crippen LogP contribution >= 0.6 is 0 Å². The monoisotopic (exact) mass is 263 g/mol. The highest BCUT2D eigenvalue weighted by molar-refractivity contribution is 4.99. The second-order valence-electron chi connectivity index (χ2n) is 4.27. The van der Waals surface area contributed by atoms with Crippen molar-refractivity contribution in [1.29, 1.82) is 0 Å². The number of aromatic nitrogens is 4. The van der Waals surface area contributed by atoms with Crippen LogP contribution in [0, 0.1) is 0 Å². The first-order chi connectivity index (χ1) is 9.35. The molecule has 0 aromatic carbocycles. The Labute approximate surface area is 113 Å². The van der Waals surface area contributed by atoms with Gasteiger partial charge in [-0.2, -0.15) is 0 Å². The number of nitrogens with zero attached hydrogens (tertiary/aromatic N) is 4. The van der Waals surface area contributed by atoms with E-state index in [-0.39, 0.29) is 0 Å². The molecule has 0 aliphatic rings. The predicted octanol–water partition coefficient (Wildman–Crippen LogP) is 0.884. The number of hydrogen-bond donors (Lipinski definition) is 1. The Morgan fingerprint density at radius 2 is 1.89 bits per heavy atom. The van der Waals surface area contributed by atoms with Gasteiger partial charge in [0.15, 0.2) is 0 Å². The van der Waals surface area contributed by atoms with Gasteiger partial charge in [-0.05, 0) is 6.92 Å². The van der Waals surface area contributed by atoms with E-state index in [4.69, 9.17) is 4.74 Å². The third kappa shape index (κ3) is 3.65. The van der Waals surface area contributed by atoms with Crippen molar-refractivity contribution < 1.29 is 4.74 Å². The predicted molar refractivity (Wildman–Crippen MR) is 72.8 cm³/mol. The minimum absolute atomic E-state index is 0.709. The van der Waals surface area contributed by atoms with Crippen LogP contribution in [0.3, 0.4) is 0 Å². The van der Waals surface area contributed by atoms with Gasteiger partial charge in [0.25, 0.3) is 0 Å². The van der Waals surface area contributed by atoms with Crippen molar-refractivity contribution in [3.05, 3.63) is 36.4 Å². The Hall–Kier alpha value is -1.66. The van der Waals surface area contributed by atoms with Crippen LogP contribution in [0.25, 0.3) is 0 Å². The van der Waals surface area contributed by atoms with E-state index < -0.39 is 0 Å². The highest BCUT2D eigenvalue weighted by Gasteiger charge is 2.06. The van der Waals surface area contributed by atoms with Crippen molar-refractivity contribution in [2.75, 3.05) is 20.3 Å². The summed E-state index contributed by atoms with van der Waals surface area (Å²) in [5.41, 5.74) is 0. The minimum atomic E-state index is 0.709. The van der Waals surface area contributed by atoms with Crippen molar-refractivity contribution in [3.8, 4) is 0 Å². The lowest BCUT2D eigenvalue weighted by Crippen LogP contribution is -2.21. The summed E-state index contributed by atoms with van der Waals surface area (Å²) in [6.45, 7) is 6.08. The molecule has 1 N–H and O–H groups in total. The normalized spacial score (nSPS) is 11.1. The maximum atomic E-state index is 5.00. The summed E-state index contributed by atoms with van der Waals surface area (Å²) >= 11 is 0. The molecular formula is C13H21N5O. The van der Waals surface area contributed by atoms with Crippen molar-refractivity contribution in [1.82, 2.24) is 24.4 Å². The molecule has 19 heavy (non-hydrogen) atoms. The first kappa shape index (κ1) is 13.8. The first-order valence-electron chi connectivity index (χ1n) is 6.54. The van der Waals surface area contributed by atoms with Crippen molar-refractivity contribution in [2.24, 2.45) is 0 Å². The molecule has 0 saturated heterocycles. The fraction of sp³-hybridized carbons (Fsp3) is 0.538. The molecule has 104 valence electrons. The van der Waals surface area contributed by atoms with Gasteiger partial charge >= 0.3 is 0 Å². The van der Waals surface area contributed by atoms with Crippen LogP contribution in [0.15, 0.2) is 24.8 Å². The molecule has 0 fully saturated rings. The molecule has 0 unspecified atom stereocenters. The van der Waals surface area contributed by atoms with Crippen LogP contribution in [0.1, 0.15) is 18.6 Å². The summed E-state index contributed by atoms with van der Waals surface area (Å²) < 4.78 is 9.26. The average molecular weight is 263 g/mol. The minimum Gasteiger partial charge on any atom is -0.383 e. The second-order valence-corrected chi connectivity index (χ2v) is 4.27. The van der Waals surface area contributed by atoms with Gasteiger partial charge in [-0.25, -0.2) is 9.97 Å². The molecule has 0 bridgehead atoms. The van der Waals surface area contributed by atoms with Crippen LogP contribution < -0.4 is 5.32 Å². The molecule has 2 aromatic rings. The average Bonchev–Trinajstić information content (AvgIpc) is 3.04. The number of hydrogen-bond acceptors (Lipinski definition) is 4. The quantitative estimate of drug-likeness (QED) is 0.718. The Kier molecular flexibility index (Phi) is 5.11. The van der Waals surface area contributed by atoms with Crippen molar-refractivity contribution in [2.45, 2.75) is 26.6 Å². The summed E-state index contributed by atoms with van der Waals surface area (Å²) in [5, 5.41) is 3.30. The third-order valence-corrected chi connectivity index (χ3v) is 3.02. The molecule has 0 aliphatic carbocycles. The number of rotatable bonds is 8. The van der Waals surface area contributed by atoms with Crippen molar-refractivity contribution in [3.63, 3.8) is 0 Å². The molecular weight excluding hydrogens is 242 g/mol. The fourth-order valence-electron chi connectivity index (χ4n) is 1.96. The van der Waals surface area contributed by atoms with Gasteiger partial charge in [0.2, 0.25) is 0 Å². The number of imidazole rings is 2. The third-order valence-electron chi connectivity index (χ3n) is 3.02. The molecule has 2 heterocycles. The van der Waals surface area contributed by atoms with E-state index in [0.717, 1.165) is 37.8 Å². The van der Waals surface area contributed by atoms with Crippen LogP contribution in [-0.2, 0) is 24.4 Å². The van der Waals surface area contributed by atoms with Gasteiger partial charge in [0, 0.05) is 45.0 Å². The molecule has 2 aromatic heterocycles. The zero-order valence-corrected chi connectivity index (χ0v) is 11.5. The highest BCUT2D eigenvalue weighted by Crippen LogP contribution is 2.04. The number of methoxy groups -OCH3 is 1. The second kappa shape index (κ2) is 7.06. The maximum Gasteiger partial charge on any atom is 0.128 e. The molecule has 0 amide bonds. The molecule has 0 saturated carbocycles. The van der Waals surface area contributed by atoms with E-state index in [1.54, 1.807) is 7.11 Å². The fourth-order valence-corrected chi connectivity index (χ4v) is 1.96. The van der Waals surface area contributed by atoms with Gasteiger partial charge in [-0.3, -0.25) is 0 Å². The van der Waals surface area contributed by atoms with Gasteiger partial charge in [0.1, 0.15) is 11.6 Å². The van der Waals surface area contributed by atoms with Crippen LogP contribution in [0.4, 0.5) is 0 Å². The molecule has 0 spiro atoms. The van der Waals surface area contributed by atoms with E-state index >= 15 is 0 Å². The van der Waals surface area contributed by atoms with E-state index in [1.807, 2.05) is 24.8 Å². The van der Waals surface area contributed by atoms with Crippen LogP contribution in [0.2, 0.25) is 0 Å². The zero-order chi connectivity index (χ0) is 13.5. The van der Waals surface area contributed by atoms with Gasteiger partial charge in [0.05, 0.1) is 19.7 Å². The number of nitrogens with one attached hydrogen (secondary N) is 1. The maximum absolute atomic E-state index is 5.00. The Bertz CT molecular complexity index is 491. The summed E-state index contributed by atoms with van der Waals surface area (Å²) in [6.07, 6.45) is 7.66. The van der Waals surface area contributed by atoms with E-state index in [9.17, 15) is 0 Å². The molecule has 6 heteroatoms. The summed E-state index contributed by atoms with van der Waals surface area (Å²) in [5.74, 6) is 2.07. The molecule has 2 rings (SSSR count). The lowest BCUT2D eigenvalue weighted by atomic mass is 10.5. The number of aryl methyl sites for hydroxylation is 1. The summed E-state index contributed by atoms with van der Waals surface area (Å²) in [6, 6.07) is 0. The Morgan fingerprint density at radius 1 is 1.16 bits per heavy atom. The summed E-state index contributed by atoms with van der Waals surface area (Å²) in [7, 11) is 1.70. The molecule has 0 aliphatic heterocycles. The largest absolute Gasteiger partial charge is 0.383 e. The molecule has 0 atom stereocenters. The Balaban J connectivity index is 1.95. The number of ether oxygens (including phenoxy) is 1. The topological polar surface area (TPSA) is 56.9 Å². The van der Waals surface area contributed by atoms with Crippen LogP contribution in [-0.4, -0.2) is 39.4 Å². The lowest BCUT2D eigenvalue weighted by molar-refractivity contribution is 0.199. The highest BCUT2D eigenvalue weighted by atomic mass is 16.5. The van der Waals surface area contributed by atoms with E-state index in [1.165, 1.54) is 0 Å². The van der Waals surface area contributed by atoms with Gasteiger partial charge < -0.3 is 19.2 Å². The van der Waals surface area contributed by atoms with Gasteiger partial charge in [-0.1, -0.05) is 0 Å². The SMILES string of the molecule is CCn1ccnc1Cn1ccnc1CNCCOC. The Morgan fingerprint density at radius 3 is 2.63 bits per heavy atom. The van der Waals surface area contributed by atoms with Crippen LogP contribution in [0.5, 0.6) is 0 Å². The smallest absolute Gasteiger partial charge is 0.128 e. The molecule has 0 radical (unpaired) electrons. The summed E-state index contributed by atoms with van der Waals surface area (Å²) in [4.78, 5) is 8.76. The lowest BCUT2D eigenvalue weighted by Gasteiger charge is -2.09. The zero-order valence-electron chi connectivity index (χ0n) is 11.5. The van der Waals surface area contributed by atoms with E-state index in [0.29, 0.717) is 6.61 Å². The van der Waals surface area contributed by atoms with Crippen molar-refractivity contribution >= 4 is 0 Å². The standard InChI is InChI=1S/C13H21N5O/c1-3-17-7-4-16-13(17)11-18-8-5-15-12(18)10-14-6-9-19-2/h4-5,7-8,14H,3,6,9-11H2,1-2H3. The first-order valence-corrected chi connectivity index (χ1v) is 6.54. The van der Waals surface area contributed by atoms with Gasteiger partial charge in [-0.15, -0.1) is 0 Å².